The van der Waals surface area contributed by atoms with Crippen LogP contribution in [0.5, 0.6) is 17.2 Å². The number of ether oxygens (including phenoxy) is 3. The van der Waals surface area contributed by atoms with Gasteiger partial charge < -0.3 is 18.8 Å². The Bertz CT molecular complexity index is 1170. The predicted octanol–water partition coefficient (Wildman–Crippen LogP) is 5.82. The number of fused-ring (bicyclic) bond motifs is 1. The van der Waals surface area contributed by atoms with Crippen molar-refractivity contribution in [2.24, 2.45) is 0 Å². The van der Waals surface area contributed by atoms with Gasteiger partial charge in [-0.1, -0.05) is 42.5 Å². The van der Waals surface area contributed by atoms with Crippen LogP contribution in [0, 0.1) is 0 Å². The highest BCUT2D eigenvalue weighted by Gasteiger charge is 2.12. The summed E-state index contributed by atoms with van der Waals surface area (Å²) in [7, 11) is 1.66. The van der Waals surface area contributed by atoms with Gasteiger partial charge in [0.05, 0.1) is 24.8 Å². The second kappa shape index (κ2) is 10.5. The van der Waals surface area contributed by atoms with E-state index in [9.17, 15) is 0 Å². The van der Waals surface area contributed by atoms with E-state index in [0.29, 0.717) is 13.2 Å². The minimum atomic E-state index is 0.415. The van der Waals surface area contributed by atoms with Crippen LogP contribution in [0.4, 0.5) is 0 Å². The molecule has 32 heavy (non-hydrogen) atoms. The maximum Gasteiger partial charge on any atom is 0.161 e. The summed E-state index contributed by atoms with van der Waals surface area (Å²) in [6.45, 7) is 5.56. The highest BCUT2D eigenvalue weighted by Crippen LogP contribution is 2.28. The van der Waals surface area contributed by atoms with Crippen molar-refractivity contribution >= 4 is 11.0 Å². The molecular formula is C27H28N2O3. The van der Waals surface area contributed by atoms with Crippen LogP contribution in [0.3, 0.4) is 0 Å². The van der Waals surface area contributed by atoms with Gasteiger partial charge in [-0.25, -0.2) is 4.98 Å². The summed E-state index contributed by atoms with van der Waals surface area (Å²) in [4.78, 5) is 4.79. The van der Waals surface area contributed by atoms with E-state index in [-0.39, 0.29) is 0 Å². The van der Waals surface area contributed by atoms with Crippen molar-refractivity contribution in [1.82, 2.24) is 9.55 Å². The van der Waals surface area contributed by atoms with Crippen molar-refractivity contribution in [3.05, 3.63) is 96.8 Å². The van der Waals surface area contributed by atoms with E-state index in [4.69, 9.17) is 19.2 Å². The van der Waals surface area contributed by atoms with Crippen LogP contribution in [0.1, 0.15) is 17.8 Å². The number of imidazole rings is 1. The molecule has 0 atom stereocenters. The van der Waals surface area contributed by atoms with E-state index in [1.165, 1.54) is 0 Å². The highest BCUT2D eigenvalue weighted by molar-refractivity contribution is 5.75. The first-order valence-corrected chi connectivity index (χ1v) is 10.8. The summed E-state index contributed by atoms with van der Waals surface area (Å²) in [6.07, 6.45) is 3.51. The SMILES string of the molecule is C=CCc1ccc(OCCCn2c(COc3ccccc3)nc3ccccc32)c(OC)c1. The van der Waals surface area contributed by atoms with Gasteiger partial charge in [0.25, 0.3) is 0 Å². The molecule has 0 aliphatic heterocycles. The predicted molar refractivity (Wildman–Crippen MR) is 128 cm³/mol. The molecule has 0 saturated heterocycles. The zero-order chi connectivity index (χ0) is 22.2. The Morgan fingerprint density at radius 2 is 1.75 bits per heavy atom. The van der Waals surface area contributed by atoms with Gasteiger partial charge in [0.15, 0.2) is 11.5 Å². The van der Waals surface area contributed by atoms with E-state index in [0.717, 1.165) is 59.1 Å². The standard InChI is InChI=1S/C27H28N2O3/c1-3-10-21-15-16-25(26(19-21)30-2)31-18-9-17-29-24-14-8-7-13-23(24)28-27(29)20-32-22-11-5-4-6-12-22/h3-8,11-16,19H,1,9-10,17-18,20H2,2H3. The Hall–Kier alpha value is -3.73. The van der Waals surface area contributed by atoms with Crippen molar-refractivity contribution in [3.63, 3.8) is 0 Å². The number of allylic oxidation sites excluding steroid dienone is 1. The number of methoxy groups -OCH3 is 1. The number of aromatic nitrogens is 2. The van der Waals surface area contributed by atoms with Gasteiger partial charge in [0, 0.05) is 6.54 Å². The second-order valence-corrected chi connectivity index (χ2v) is 7.45. The summed E-state index contributed by atoms with van der Waals surface area (Å²) in [5, 5.41) is 0. The van der Waals surface area contributed by atoms with Crippen LogP contribution < -0.4 is 14.2 Å². The Labute approximate surface area is 188 Å². The first kappa shape index (κ1) is 21.5. The lowest BCUT2D eigenvalue weighted by atomic mass is 10.1. The maximum atomic E-state index is 6.02. The number of aryl methyl sites for hydroxylation is 1. The van der Waals surface area contributed by atoms with Crippen molar-refractivity contribution in [2.75, 3.05) is 13.7 Å². The molecule has 0 aliphatic carbocycles. The molecule has 0 saturated carbocycles. The molecule has 164 valence electrons. The smallest absolute Gasteiger partial charge is 0.161 e. The molecule has 0 N–H and O–H groups in total. The normalized spacial score (nSPS) is 10.8. The van der Waals surface area contributed by atoms with Crippen molar-refractivity contribution in [1.29, 1.82) is 0 Å². The fourth-order valence-electron chi connectivity index (χ4n) is 3.68. The van der Waals surface area contributed by atoms with E-state index >= 15 is 0 Å². The molecule has 5 heteroatoms. The molecule has 0 amide bonds. The molecular weight excluding hydrogens is 400 g/mol. The monoisotopic (exact) mass is 428 g/mol. The fourth-order valence-corrected chi connectivity index (χ4v) is 3.68. The lowest BCUT2D eigenvalue weighted by Crippen LogP contribution is -2.10. The molecule has 3 aromatic carbocycles. The van der Waals surface area contributed by atoms with Gasteiger partial charge >= 0.3 is 0 Å². The molecule has 5 nitrogen and oxygen atoms in total. The Kier molecular flexibility index (Phi) is 7.08. The summed E-state index contributed by atoms with van der Waals surface area (Å²) in [5.74, 6) is 3.24. The van der Waals surface area contributed by atoms with E-state index < -0.39 is 0 Å². The molecule has 4 rings (SSSR count). The minimum Gasteiger partial charge on any atom is -0.493 e. The molecule has 4 aromatic rings. The average Bonchev–Trinajstić information content (AvgIpc) is 3.19. The number of nitrogens with zero attached hydrogens (tertiary/aromatic N) is 2. The molecule has 1 heterocycles. The Morgan fingerprint density at radius 1 is 0.938 bits per heavy atom. The molecule has 0 bridgehead atoms. The fraction of sp³-hybridized carbons (Fsp3) is 0.222. The molecule has 0 radical (unpaired) electrons. The van der Waals surface area contributed by atoms with Crippen LogP contribution >= 0.6 is 0 Å². The lowest BCUT2D eigenvalue weighted by molar-refractivity contribution is 0.273. The van der Waals surface area contributed by atoms with E-state index in [1.54, 1.807) is 7.11 Å². The molecule has 1 aromatic heterocycles. The zero-order valence-electron chi connectivity index (χ0n) is 18.4. The summed E-state index contributed by atoms with van der Waals surface area (Å²) >= 11 is 0. The summed E-state index contributed by atoms with van der Waals surface area (Å²) in [6, 6.07) is 24.0. The van der Waals surface area contributed by atoms with Crippen LogP contribution in [0.15, 0.2) is 85.5 Å². The molecule has 0 fully saturated rings. The largest absolute Gasteiger partial charge is 0.493 e. The van der Waals surface area contributed by atoms with Crippen molar-refractivity contribution < 1.29 is 14.2 Å². The Balaban J connectivity index is 1.42. The number of benzene rings is 3. The first-order chi connectivity index (χ1) is 15.8. The number of para-hydroxylation sites is 3. The highest BCUT2D eigenvalue weighted by atomic mass is 16.5. The average molecular weight is 429 g/mol. The van der Waals surface area contributed by atoms with Gasteiger partial charge in [-0.3, -0.25) is 0 Å². The molecule has 0 spiro atoms. The van der Waals surface area contributed by atoms with Crippen LogP contribution in [0.2, 0.25) is 0 Å². The third-order valence-corrected chi connectivity index (χ3v) is 5.24. The quantitative estimate of drug-likeness (QED) is 0.223. The van der Waals surface area contributed by atoms with E-state index in [2.05, 4.69) is 17.2 Å². The topological polar surface area (TPSA) is 45.5 Å². The van der Waals surface area contributed by atoms with Gasteiger partial charge in [-0.15, -0.1) is 6.58 Å². The van der Waals surface area contributed by atoms with Crippen LogP contribution in [0.25, 0.3) is 11.0 Å². The minimum absolute atomic E-state index is 0.415. The van der Waals surface area contributed by atoms with Gasteiger partial charge in [-0.05, 0) is 54.8 Å². The summed E-state index contributed by atoms with van der Waals surface area (Å²) < 4.78 is 19.7. The van der Waals surface area contributed by atoms with Crippen molar-refractivity contribution in [2.45, 2.75) is 26.0 Å². The van der Waals surface area contributed by atoms with Gasteiger partial charge in [0.1, 0.15) is 18.2 Å². The van der Waals surface area contributed by atoms with E-state index in [1.807, 2.05) is 72.8 Å². The van der Waals surface area contributed by atoms with Crippen LogP contribution in [-0.2, 0) is 19.6 Å². The number of hydrogen-bond acceptors (Lipinski definition) is 4. The third kappa shape index (κ3) is 5.11. The number of rotatable bonds is 11. The Morgan fingerprint density at radius 3 is 2.56 bits per heavy atom. The van der Waals surface area contributed by atoms with Crippen molar-refractivity contribution in [3.8, 4) is 17.2 Å². The maximum absolute atomic E-state index is 6.02. The van der Waals surface area contributed by atoms with Gasteiger partial charge in [0.2, 0.25) is 0 Å². The third-order valence-electron chi connectivity index (χ3n) is 5.24. The zero-order valence-corrected chi connectivity index (χ0v) is 18.4. The number of hydrogen-bond donors (Lipinski definition) is 0. The van der Waals surface area contributed by atoms with Crippen LogP contribution in [-0.4, -0.2) is 23.3 Å². The summed E-state index contributed by atoms with van der Waals surface area (Å²) in [5.41, 5.74) is 3.22. The van der Waals surface area contributed by atoms with Gasteiger partial charge in [-0.2, -0.15) is 0 Å². The lowest BCUT2D eigenvalue weighted by Gasteiger charge is -2.13. The molecule has 0 aliphatic rings. The second-order valence-electron chi connectivity index (χ2n) is 7.45. The molecule has 0 unspecified atom stereocenters. The first-order valence-electron chi connectivity index (χ1n) is 10.8.